The maximum atomic E-state index is 12.9. The maximum absolute atomic E-state index is 12.9. The molecule has 0 spiro atoms. The van der Waals surface area contributed by atoms with Gasteiger partial charge in [0, 0.05) is 31.1 Å². The molecule has 1 aromatic carbocycles. The third-order valence-corrected chi connectivity index (χ3v) is 5.33. The molecule has 0 bridgehead atoms. The molecule has 1 fully saturated rings. The highest BCUT2D eigenvalue weighted by Crippen LogP contribution is 2.31. The van der Waals surface area contributed by atoms with Gasteiger partial charge in [-0.3, -0.25) is 14.8 Å². The van der Waals surface area contributed by atoms with Crippen LogP contribution < -0.4 is 0 Å². The van der Waals surface area contributed by atoms with E-state index in [0.29, 0.717) is 6.42 Å². The zero-order chi connectivity index (χ0) is 19.3. The molecule has 1 saturated heterocycles. The van der Waals surface area contributed by atoms with E-state index in [0.717, 1.165) is 42.8 Å². The topological polar surface area (TPSA) is 46.1 Å². The van der Waals surface area contributed by atoms with Gasteiger partial charge < -0.3 is 4.90 Å². The first-order chi connectivity index (χ1) is 13.7. The molecule has 0 aliphatic carbocycles. The Hall–Kier alpha value is -3.01. The Kier molecular flexibility index (Phi) is 5.47. The van der Waals surface area contributed by atoms with E-state index in [2.05, 4.69) is 54.4 Å². The van der Waals surface area contributed by atoms with Gasteiger partial charge >= 0.3 is 0 Å². The molecule has 3 heterocycles. The van der Waals surface area contributed by atoms with E-state index in [9.17, 15) is 4.79 Å². The largest absolute Gasteiger partial charge is 0.334 e. The van der Waals surface area contributed by atoms with Gasteiger partial charge in [0.1, 0.15) is 0 Å². The number of pyridine rings is 2. The summed E-state index contributed by atoms with van der Waals surface area (Å²) >= 11 is 0. The Morgan fingerprint density at radius 2 is 1.93 bits per heavy atom. The molecule has 4 heteroatoms. The van der Waals surface area contributed by atoms with Crippen molar-refractivity contribution in [2.24, 2.45) is 0 Å². The second-order valence-electron chi connectivity index (χ2n) is 7.50. The van der Waals surface area contributed by atoms with E-state index in [4.69, 9.17) is 4.98 Å². The van der Waals surface area contributed by atoms with Crippen molar-refractivity contribution in [2.45, 2.75) is 38.6 Å². The fraction of sp³-hybridized carbons (Fsp3) is 0.292. The Labute approximate surface area is 166 Å². The van der Waals surface area contributed by atoms with Gasteiger partial charge in [-0.1, -0.05) is 42.0 Å². The number of hydrogen-bond donors (Lipinski definition) is 0. The molecule has 0 unspecified atom stereocenters. The van der Waals surface area contributed by atoms with E-state index in [1.54, 1.807) is 12.4 Å². The second-order valence-corrected chi connectivity index (χ2v) is 7.50. The number of likely N-dealkylation sites (tertiary alicyclic amines) is 1. The fourth-order valence-electron chi connectivity index (χ4n) is 3.85. The lowest BCUT2D eigenvalue weighted by molar-refractivity contribution is -0.131. The lowest BCUT2D eigenvalue weighted by atomic mass is 10.1. The number of rotatable bonds is 5. The number of amides is 1. The van der Waals surface area contributed by atoms with Gasteiger partial charge in [0.25, 0.3) is 0 Å². The summed E-state index contributed by atoms with van der Waals surface area (Å²) in [5.74, 6) is 0.154. The highest BCUT2D eigenvalue weighted by molar-refractivity contribution is 5.79. The van der Waals surface area contributed by atoms with Crippen LogP contribution in [0, 0.1) is 6.92 Å². The number of hydrogen-bond acceptors (Lipinski definition) is 3. The van der Waals surface area contributed by atoms with Crippen LogP contribution >= 0.6 is 0 Å². The molecule has 142 valence electrons. The van der Waals surface area contributed by atoms with E-state index < -0.39 is 0 Å². The van der Waals surface area contributed by atoms with Gasteiger partial charge in [0.05, 0.1) is 18.2 Å². The summed E-state index contributed by atoms with van der Waals surface area (Å²) in [6.45, 7) is 2.90. The average Bonchev–Trinajstić information content (AvgIpc) is 3.21. The van der Waals surface area contributed by atoms with Crippen LogP contribution in [0.25, 0.3) is 0 Å². The minimum absolute atomic E-state index is 0.0714. The van der Waals surface area contributed by atoms with Crippen LogP contribution in [-0.4, -0.2) is 27.3 Å². The van der Waals surface area contributed by atoms with Crippen LogP contribution in [0.1, 0.15) is 47.0 Å². The predicted molar refractivity (Wildman–Crippen MR) is 110 cm³/mol. The number of carbonyl (C=O) groups is 1. The molecule has 3 aromatic rings. The highest BCUT2D eigenvalue weighted by atomic mass is 16.2. The first kappa shape index (κ1) is 18.4. The number of carbonyl (C=O) groups excluding carboxylic acids is 1. The number of aryl methyl sites for hydroxylation is 1. The smallest absolute Gasteiger partial charge is 0.227 e. The molecule has 1 aliphatic heterocycles. The summed E-state index contributed by atoms with van der Waals surface area (Å²) in [4.78, 5) is 23.9. The van der Waals surface area contributed by atoms with Crippen molar-refractivity contribution in [2.75, 3.05) is 6.54 Å². The van der Waals surface area contributed by atoms with Crippen molar-refractivity contribution >= 4 is 5.91 Å². The van der Waals surface area contributed by atoms with Crippen LogP contribution in [0.3, 0.4) is 0 Å². The molecule has 4 rings (SSSR count). The highest BCUT2D eigenvalue weighted by Gasteiger charge is 2.30. The zero-order valence-electron chi connectivity index (χ0n) is 16.2. The normalized spacial score (nSPS) is 16.3. The summed E-state index contributed by atoms with van der Waals surface area (Å²) in [5, 5.41) is 0. The molecule has 0 radical (unpaired) electrons. The van der Waals surface area contributed by atoms with Gasteiger partial charge in [0.2, 0.25) is 5.91 Å². The summed E-state index contributed by atoms with van der Waals surface area (Å²) in [6.07, 6.45) is 6.70. The van der Waals surface area contributed by atoms with Crippen molar-refractivity contribution in [1.29, 1.82) is 0 Å². The Bertz CT molecular complexity index is 938. The first-order valence-electron chi connectivity index (χ1n) is 9.89. The predicted octanol–water partition coefficient (Wildman–Crippen LogP) is 4.28. The summed E-state index contributed by atoms with van der Waals surface area (Å²) in [7, 11) is 0. The summed E-state index contributed by atoms with van der Waals surface area (Å²) in [5.41, 5.74) is 5.53. The molecule has 0 saturated carbocycles. The average molecular weight is 371 g/mol. The van der Waals surface area contributed by atoms with Gasteiger partial charge in [-0.2, -0.15) is 0 Å². The Morgan fingerprint density at radius 3 is 2.71 bits per heavy atom. The zero-order valence-corrected chi connectivity index (χ0v) is 16.2. The third kappa shape index (κ3) is 4.28. The minimum atomic E-state index is 0.0714. The lowest BCUT2D eigenvalue weighted by Gasteiger charge is -2.25. The molecular formula is C24H25N3O. The van der Waals surface area contributed by atoms with E-state index in [1.807, 2.05) is 17.0 Å². The van der Waals surface area contributed by atoms with E-state index in [-0.39, 0.29) is 11.9 Å². The van der Waals surface area contributed by atoms with E-state index >= 15 is 0 Å². The van der Waals surface area contributed by atoms with E-state index in [1.165, 1.54) is 11.1 Å². The monoisotopic (exact) mass is 371 g/mol. The SMILES string of the molecule is Cc1ccc(Cc2cccc([C@H]3CCCN3C(=O)Cc3cccnc3)n2)cc1. The Balaban J connectivity index is 1.49. The second kappa shape index (κ2) is 8.34. The Morgan fingerprint density at radius 1 is 1.07 bits per heavy atom. The first-order valence-corrected chi connectivity index (χ1v) is 9.89. The van der Waals surface area contributed by atoms with Crippen LogP contribution in [0.2, 0.25) is 0 Å². The molecule has 2 aromatic heterocycles. The van der Waals surface area contributed by atoms with Crippen molar-refractivity contribution in [3.05, 3.63) is 95.1 Å². The number of nitrogens with zero attached hydrogens (tertiary/aromatic N) is 3. The van der Waals surface area contributed by atoms with Gasteiger partial charge in [-0.25, -0.2) is 0 Å². The summed E-state index contributed by atoms with van der Waals surface area (Å²) < 4.78 is 0. The van der Waals surface area contributed by atoms with Crippen molar-refractivity contribution in [3.63, 3.8) is 0 Å². The van der Waals surface area contributed by atoms with Crippen molar-refractivity contribution in [3.8, 4) is 0 Å². The van der Waals surface area contributed by atoms with Crippen molar-refractivity contribution in [1.82, 2.24) is 14.9 Å². The number of aromatic nitrogens is 2. The molecule has 1 atom stereocenters. The van der Waals surface area contributed by atoms with Gasteiger partial charge in [0.15, 0.2) is 0 Å². The minimum Gasteiger partial charge on any atom is -0.334 e. The quantitative estimate of drug-likeness (QED) is 0.672. The molecular weight excluding hydrogens is 346 g/mol. The van der Waals surface area contributed by atoms with Crippen molar-refractivity contribution < 1.29 is 4.79 Å². The number of benzene rings is 1. The third-order valence-electron chi connectivity index (χ3n) is 5.33. The van der Waals surface area contributed by atoms with Crippen LogP contribution in [0.4, 0.5) is 0 Å². The molecule has 28 heavy (non-hydrogen) atoms. The summed E-state index contributed by atoms with van der Waals surface area (Å²) in [6, 6.07) is 18.7. The fourth-order valence-corrected chi connectivity index (χ4v) is 3.85. The molecule has 0 N–H and O–H groups in total. The van der Waals surface area contributed by atoms with Gasteiger partial charge in [-0.05, 0) is 49.1 Å². The molecule has 1 amide bonds. The lowest BCUT2D eigenvalue weighted by Crippen LogP contribution is -2.32. The van der Waals surface area contributed by atoms with Crippen LogP contribution in [0.5, 0.6) is 0 Å². The van der Waals surface area contributed by atoms with Crippen LogP contribution in [0.15, 0.2) is 67.0 Å². The molecule has 1 aliphatic rings. The van der Waals surface area contributed by atoms with Gasteiger partial charge in [-0.15, -0.1) is 0 Å². The standard InChI is InChI=1S/C24H25N3O/c1-18-9-11-19(12-10-18)15-21-6-2-7-22(26-21)23-8-4-14-27(23)24(28)16-20-5-3-13-25-17-20/h2-3,5-7,9-13,17,23H,4,8,14-16H2,1H3/t23-/m1/s1. The molecule has 4 nitrogen and oxygen atoms in total. The van der Waals surface area contributed by atoms with Crippen LogP contribution in [-0.2, 0) is 17.6 Å². The maximum Gasteiger partial charge on any atom is 0.227 e.